The summed E-state index contributed by atoms with van der Waals surface area (Å²) in [7, 11) is -3.49. The van der Waals surface area contributed by atoms with E-state index in [9.17, 15) is 13.2 Å². The summed E-state index contributed by atoms with van der Waals surface area (Å²) in [4.78, 5) is 11.3. The van der Waals surface area contributed by atoms with E-state index in [1.807, 2.05) is 13.0 Å². The van der Waals surface area contributed by atoms with Gasteiger partial charge >= 0.3 is 0 Å². The zero-order valence-electron chi connectivity index (χ0n) is 11.5. The summed E-state index contributed by atoms with van der Waals surface area (Å²) in [6, 6.07) is 11.1. The van der Waals surface area contributed by atoms with Gasteiger partial charge in [-0.1, -0.05) is 18.2 Å². The van der Waals surface area contributed by atoms with Crippen LogP contribution in [0.1, 0.15) is 21.5 Å². The number of carbonyl (C=O) groups is 1. The number of aryl methyl sites for hydroxylation is 1. The molecule has 4 N–H and O–H groups in total. The minimum absolute atomic E-state index is 0.221. The largest absolute Gasteiger partial charge is 0.398 e. The summed E-state index contributed by atoms with van der Waals surface area (Å²) in [5.74, 6) is -0.823. The molecule has 0 saturated heterocycles. The average molecular weight is 304 g/mol. The molecule has 1 amide bonds. The van der Waals surface area contributed by atoms with Crippen LogP contribution in [0.4, 0.5) is 5.69 Å². The van der Waals surface area contributed by atoms with Crippen LogP contribution >= 0.6 is 0 Å². The molecule has 0 bridgehead atoms. The second-order valence-electron chi connectivity index (χ2n) is 4.85. The summed E-state index contributed by atoms with van der Waals surface area (Å²) >= 11 is 0. The number of amides is 1. The summed E-state index contributed by atoms with van der Waals surface area (Å²) < 4.78 is 24.8. The molecule has 0 aromatic heterocycles. The first-order valence-electron chi connectivity index (χ1n) is 6.27. The smallest absolute Gasteiger partial charge is 0.248 e. The highest BCUT2D eigenvalue weighted by molar-refractivity contribution is 7.90. The van der Waals surface area contributed by atoms with Gasteiger partial charge in [0.1, 0.15) is 0 Å². The van der Waals surface area contributed by atoms with Crippen molar-refractivity contribution >= 4 is 21.4 Å². The highest BCUT2D eigenvalue weighted by Crippen LogP contribution is 2.22. The Balaban J connectivity index is 2.35. The van der Waals surface area contributed by atoms with Gasteiger partial charge in [-0.2, -0.15) is 0 Å². The van der Waals surface area contributed by atoms with E-state index >= 15 is 0 Å². The van der Waals surface area contributed by atoms with Gasteiger partial charge in [-0.25, -0.2) is 8.42 Å². The molecule has 0 atom stereocenters. The van der Waals surface area contributed by atoms with Crippen LogP contribution in [0.25, 0.3) is 0 Å². The number of benzene rings is 2. The van der Waals surface area contributed by atoms with Gasteiger partial charge in [0.05, 0.1) is 10.6 Å². The molecule has 5 nitrogen and oxygen atoms in total. The SMILES string of the molecule is Cc1cccc(S(=O)(=O)Cc2ccc(C(N)=O)cc2N)c1. The second-order valence-corrected chi connectivity index (χ2v) is 6.84. The molecule has 110 valence electrons. The Hall–Kier alpha value is -2.34. The molecule has 0 heterocycles. The molecule has 0 unspecified atom stereocenters. The summed E-state index contributed by atoms with van der Waals surface area (Å²) in [5, 5.41) is 0. The quantitative estimate of drug-likeness (QED) is 0.838. The highest BCUT2D eigenvalue weighted by atomic mass is 32.2. The highest BCUT2D eigenvalue weighted by Gasteiger charge is 2.17. The maximum absolute atomic E-state index is 12.4. The molecule has 21 heavy (non-hydrogen) atoms. The Morgan fingerprint density at radius 2 is 1.86 bits per heavy atom. The van der Waals surface area contributed by atoms with Gasteiger partial charge in [-0.3, -0.25) is 4.79 Å². The molecular formula is C15H16N2O3S. The molecule has 0 radical (unpaired) electrons. The Morgan fingerprint density at radius 3 is 2.43 bits per heavy atom. The zero-order valence-corrected chi connectivity index (χ0v) is 12.4. The zero-order chi connectivity index (χ0) is 15.6. The summed E-state index contributed by atoms with van der Waals surface area (Å²) in [6.45, 7) is 1.83. The first-order chi connectivity index (χ1) is 9.79. The van der Waals surface area contributed by atoms with Crippen molar-refractivity contribution in [1.29, 1.82) is 0 Å². The lowest BCUT2D eigenvalue weighted by Crippen LogP contribution is -2.13. The molecule has 2 aromatic carbocycles. The molecule has 0 aliphatic carbocycles. The normalized spacial score (nSPS) is 11.3. The monoisotopic (exact) mass is 304 g/mol. The fourth-order valence-electron chi connectivity index (χ4n) is 1.98. The number of anilines is 1. The molecule has 6 heteroatoms. The van der Waals surface area contributed by atoms with Gasteiger partial charge in [0.15, 0.2) is 9.84 Å². The molecule has 0 aliphatic rings. The maximum atomic E-state index is 12.4. The maximum Gasteiger partial charge on any atom is 0.248 e. The van der Waals surface area contributed by atoms with Gasteiger partial charge in [0.2, 0.25) is 5.91 Å². The van der Waals surface area contributed by atoms with Crippen LogP contribution in [-0.4, -0.2) is 14.3 Å². The van der Waals surface area contributed by atoms with E-state index in [2.05, 4.69) is 0 Å². The Morgan fingerprint density at radius 1 is 1.14 bits per heavy atom. The van der Waals surface area contributed by atoms with Crippen molar-refractivity contribution in [2.75, 3.05) is 5.73 Å². The van der Waals surface area contributed by atoms with E-state index in [1.54, 1.807) is 18.2 Å². The standard InChI is InChI=1S/C15H16N2O3S/c1-10-3-2-4-13(7-10)21(19,20)9-12-6-5-11(15(17)18)8-14(12)16/h2-8H,9,16H2,1H3,(H2,17,18). The van der Waals surface area contributed by atoms with Crippen molar-refractivity contribution in [2.24, 2.45) is 5.73 Å². The van der Waals surface area contributed by atoms with Crippen molar-refractivity contribution in [2.45, 2.75) is 17.6 Å². The van der Waals surface area contributed by atoms with E-state index < -0.39 is 15.7 Å². The fourth-order valence-corrected chi connectivity index (χ4v) is 3.47. The van der Waals surface area contributed by atoms with Crippen molar-refractivity contribution in [3.63, 3.8) is 0 Å². The Labute approximate surface area is 123 Å². The van der Waals surface area contributed by atoms with Crippen molar-refractivity contribution in [3.05, 3.63) is 59.2 Å². The van der Waals surface area contributed by atoms with Crippen LogP contribution in [0.2, 0.25) is 0 Å². The average Bonchev–Trinajstić information content (AvgIpc) is 2.40. The third-order valence-electron chi connectivity index (χ3n) is 3.12. The minimum atomic E-state index is -3.49. The topological polar surface area (TPSA) is 103 Å². The minimum Gasteiger partial charge on any atom is -0.398 e. The third-order valence-corrected chi connectivity index (χ3v) is 4.79. The lowest BCUT2D eigenvalue weighted by molar-refractivity contribution is 0.100. The molecule has 0 spiro atoms. The van der Waals surface area contributed by atoms with Crippen LogP contribution in [0.3, 0.4) is 0 Å². The number of sulfone groups is 1. The van der Waals surface area contributed by atoms with Crippen LogP contribution in [0, 0.1) is 6.92 Å². The number of rotatable bonds is 4. The lowest BCUT2D eigenvalue weighted by Gasteiger charge is -2.09. The van der Waals surface area contributed by atoms with E-state index in [1.165, 1.54) is 18.2 Å². The van der Waals surface area contributed by atoms with Crippen LogP contribution in [0.15, 0.2) is 47.4 Å². The first-order valence-corrected chi connectivity index (χ1v) is 7.92. The van der Waals surface area contributed by atoms with E-state index in [4.69, 9.17) is 11.5 Å². The molecule has 2 rings (SSSR count). The van der Waals surface area contributed by atoms with Crippen molar-refractivity contribution in [1.82, 2.24) is 0 Å². The lowest BCUT2D eigenvalue weighted by atomic mass is 10.1. The number of primary amides is 1. The van der Waals surface area contributed by atoms with Gasteiger partial charge < -0.3 is 11.5 Å². The van der Waals surface area contributed by atoms with Crippen molar-refractivity contribution in [3.8, 4) is 0 Å². The Kier molecular flexibility index (Phi) is 3.99. The van der Waals surface area contributed by atoms with Crippen LogP contribution in [-0.2, 0) is 15.6 Å². The van der Waals surface area contributed by atoms with E-state index in [0.717, 1.165) is 5.56 Å². The van der Waals surface area contributed by atoms with Crippen molar-refractivity contribution < 1.29 is 13.2 Å². The fraction of sp³-hybridized carbons (Fsp3) is 0.133. The van der Waals surface area contributed by atoms with Gasteiger partial charge in [-0.05, 0) is 42.3 Å². The molecule has 2 aromatic rings. The van der Waals surface area contributed by atoms with Gasteiger partial charge in [0.25, 0.3) is 0 Å². The van der Waals surface area contributed by atoms with Crippen LogP contribution in [0.5, 0.6) is 0 Å². The molecular weight excluding hydrogens is 288 g/mol. The molecule has 0 aliphatic heterocycles. The molecule has 0 saturated carbocycles. The molecule has 0 fully saturated rings. The predicted molar refractivity (Wildman–Crippen MR) is 81.4 cm³/mol. The van der Waals surface area contributed by atoms with E-state index in [-0.39, 0.29) is 21.9 Å². The number of carbonyl (C=O) groups excluding carboxylic acids is 1. The number of nitrogens with two attached hydrogens (primary N) is 2. The summed E-state index contributed by atoms with van der Waals surface area (Å²) in [5.41, 5.74) is 12.8. The number of hydrogen-bond acceptors (Lipinski definition) is 4. The number of hydrogen-bond donors (Lipinski definition) is 2. The van der Waals surface area contributed by atoms with Gasteiger partial charge in [0, 0.05) is 11.3 Å². The van der Waals surface area contributed by atoms with Gasteiger partial charge in [-0.15, -0.1) is 0 Å². The third kappa shape index (κ3) is 3.41. The number of nitrogen functional groups attached to an aromatic ring is 1. The predicted octanol–water partition coefficient (Wildman–Crippen LogP) is 1.65. The van der Waals surface area contributed by atoms with Crippen LogP contribution < -0.4 is 11.5 Å². The Bertz CT molecular complexity index is 798. The van der Waals surface area contributed by atoms with E-state index in [0.29, 0.717) is 5.56 Å². The first kappa shape index (κ1) is 15.1. The summed E-state index contributed by atoms with van der Waals surface area (Å²) in [6.07, 6.45) is 0. The second kappa shape index (κ2) is 5.57.